The number of methoxy groups -OCH3 is 1. The first-order chi connectivity index (χ1) is 13.3. The number of carbonyl (C=O) groups is 1. The maximum atomic E-state index is 13.7. The van der Waals surface area contributed by atoms with Gasteiger partial charge in [0.15, 0.2) is 0 Å². The molecule has 1 amide bonds. The lowest BCUT2D eigenvalue weighted by Gasteiger charge is -2.11. The van der Waals surface area contributed by atoms with E-state index in [2.05, 4.69) is 10.3 Å². The number of nitrogens with two attached hydrogens (primary N) is 1. The molecular formula is C19H16F3N3O2S. The van der Waals surface area contributed by atoms with E-state index in [0.717, 1.165) is 30.2 Å². The van der Waals surface area contributed by atoms with Crippen LogP contribution in [0, 0.1) is 0 Å². The van der Waals surface area contributed by atoms with E-state index in [1.807, 2.05) is 0 Å². The summed E-state index contributed by atoms with van der Waals surface area (Å²) in [5, 5.41) is 2.53. The van der Waals surface area contributed by atoms with E-state index in [1.165, 1.54) is 7.11 Å². The van der Waals surface area contributed by atoms with Crippen LogP contribution in [0.25, 0.3) is 21.5 Å². The van der Waals surface area contributed by atoms with E-state index < -0.39 is 17.6 Å². The van der Waals surface area contributed by atoms with Crippen molar-refractivity contribution in [2.24, 2.45) is 0 Å². The summed E-state index contributed by atoms with van der Waals surface area (Å²) in [5.74, 6) is 0.127. The molecule has 0 atom stereocenters. The van der Waals surface area contributed by atoms with Crippen molar-refractivity contribution >= 4 is 33.1 Å². The van der Waals surface area contributed by atoms with Gasteiger partial charge in [0.05, 0.1) is 24.1 Å². The number of anilines is 1. The molecule has 146 valence electrons. The highest BCUT2D eigenvalue weighted by atomic mass is 32.1. The number of alkyl halides is 3. The molecule has 28 heavy (non-hydrogen) atoms. The van der Waals surface area contributed by atoms with Gasteiger partial charge in [-0.2, -0.15) is 13.2 Å². The number of nitrogen functional groups attached to an aromatic ring is 1. The molecule has 1 fully saturated rings. The molecule has 1 aromatic carbocycles. The molecule has 0 aliphatic heterocycles. The number of pyridine rings is 1. The average molecular weight is 407 g/mol. The smallest absolute Gasteiger partial charge is 0.417 e. The minimum atomic E-state index is -4.64. The SMILES string of the molecule is COc1ccc(-c2cc(C(F)(F)F)c3c(N)c(C(=O)NC4CC4)sc3n2)cc1. The Balaban J connectivity index is 1.87. The number of amides is 1. The van der Waals surface area contributed by atoms with Crippen molar-refractivity contribution < 1.29 is 22.7 Å². The molecule has 0 radical (unpaired) electrons. The number of fused-ring (bicyclic) bond motifs is 1. The number of nitrogens with one attached hydrogen (secondary N) is 1. The maximum Gasteiger partial charge on any atom is 0.417 e. The number of halogens is 3. The lowest BCUT2D eigenvalue weighted by Crippen LogP contribution is -2.25. The van der Waals surface area contributed by atoms with Gasteiger partial charge in [-0.25, -0.2) is 4.98 Å². The first kappa shape index (κ1) is 18.5. The van der Waals surface area contributed by atoms with Crippen molar-refractivity contribution in [2.45, 2.75) is 25.1 Å². The second kappa shape index (κ2) is 6.66. The molecule has 3 N–H and O–H groups in total. The number of rotatable bonds is 4. The van der Waals surface area contributed by atoms with Crippen LogP contribution in [-0.2, 0) is 6.18 Å². The molecule has 0 spiro atoms. The Morgan fingerprint density at radius 2 is 1.96 bits per heavy atom. The molecule has 0 unspecified atom stereocenters. The van der Waals surface area contributed by atoms with Crippen LogP contribution < -0.4 is 15.8 Å². The Morgan fingerprint density at radius 1 is 1.29 bits per heavy atom. The standard InChI is InChI=1S/C19H16F3N3O2S/c1-27-11-6-2-9(3-7-11)13-8-12(19(20,21)22)14-15(23)16(28-18(14)25-13)17(26)24-10-4-5-10/h2-3,6-8,10H,4-5,23H2,1H3,(H,24,26). The Bertz CT molecular complexity index is 1060. The fraction of sp³-hybridized carbons (Fsp3) is 0.263. The highest BCUT2D eigenvalue weighted by molar-refractivity contribution is 7.21. The minimum absolute atomic E-state index is 0.0618. The minimum Gasteiger partial charge on any atom is -0.497 e. The van der Waals surface area contributed by atoms with E-state index in [4.69, 9.17) is 10.5 Å². The summed E-state index contributed by atoms with van der Waals surface area (Å²) in [4.78, 5) is 16.9. The highest BCUT2D eigenvalue weighted by Gasteiger charge is 2.36. The average Bonchev–Trinajstić information content (AvgIpc) is 3.41. The summed E-state index contributed by atoms with van der Waals surface area (Å²) in [5.41, 5.74) is 5.53. The molecule has 1 saturated carbocycles. The van der Waals surface area contributed by atoms with Gasteiger partial charge < -0.3 is 15.8 Å². The third kappa shape index (κ3) is 3.37. The number of ether oxygens (including phenoxy) is 1. The molecule has 4 rings (SSSR count). The Labute approximate surface area is 162 Å². The number of aromatic nitrogens is 1. The molecule has 0 saturated heterocycles. The molecular weight excluding hydrogens is 391 g/mol. The summed E-state index contributed by atoms with van der Waals surface area (Å²) in [6, 6.07) is 7.59. The normalized spacial score (nSPS) is 14.3. The topological polar surface area (TPSA) is 77.2 Å². The van der Waals surface area contributed by atoms with Gasteiger partial charge in [0, 0.05) is 17.0 Å². The summed E-state index contributed by atoms with van der Waals surface area (Å²) in [6.07, 6.45) is -2.91. The molecule has 2 aromatic heterocycles. The van der Waals surface area contributed by atoms with Crippen LogP contribution >= 0.6 is 11.3 Å². The Kier molecular flexibility index (Phi) is 4.41. The van der Waals surface area contributed by atoms with Gasteiger partial charge in [-0.1, -0.05) is 0 Å². The summed E-state index contributed by atoms with van der Waals surface area (Å²) in [7, 11) is 1.50. The molecule has 1 aliphatic rings. The number of hydrogen-bond donors (Lipinski definition) is 2. The van der Waals surface area contributed by atoms with Gasteiger partial charge in [0.2, 0.25) is 0 Å². The summed E-state index contributed by atoms with van der Waals surface area (Å²) >= 11 is 0.876. The zero-order chi connectivity index (χ0) is 20.1. The molecule has 9 heteroatoms. The van der Waals surface area contributed by atoms with E-state index in [-0.39, 0.29) is 32.5 Å². The lowest BCUT2D eigenvalue weighted by molar-refractivity contribution is -0.136. The van der Waals surface area contributed by atoms with E-state index in [9.17, 15) is 18.0 Å². The van der Waals surface area contributed by atoms with Crippen molar-refractivity contribution in [1.82, 2.24) is 10.3 Å². The van der Waals surface area contributed by atoms with Crippen LogP contribution in [0.4, 0.5) is 18.9 Å². The van der Waals surface area contributed by atoms with Crippen molar-refractivity contribution in [2.75, 3.05) is 12.8 Å². The second-order valence-corrected chi connectivity index (χ2v) is 7.55. The lowest BCUT2D eigenvalue weighted by atomic mass is 10.1. The number of nitrogens with zero attached hydrogens (tertiary/aromatic N) is 1. The largest absolute Gasteiger partial charge is 0.497 e. The van der Waals surface area contributed by atoms with E-state index in [0.29, 0.717) is 11.3 Å². The number of thiophene rings is 1. The number of hydrogen-bond acceptors (Lipinski definition) is 5. The quantitative estimate of drug-likeness (QED) is 0.669. The fourth-order valence-corrected chi connectivity index (χ4v) is 3.92. The van der Waals surface area contributed by atoms with E-state index in [1.54, 1.807) is 24.3 Å². The summed E-state index contributed by atoms with van der Waals surface area (Å²) < 4.78 is 46.3. The first-order valence-electron chi connectivity index (χ1n) is 8.53. The van der Waals surface area contributed by atoms with Crippen LogP contribution in [0.5, 0.6) is 5.75 Å². The van der Waals surface area contributed by atoms with Crippen molar-refractivity contribution in [3.63, 3.8) is 0 Å². The van der Waals surface area contributed by atoms with Crippen molar-refractivity contribution in [1.29, 1.82) is 0 Å². The first-order valence-corrected chi connectivity index (χ1v) is 9.35. The predicted molar refractivity (Wildman–Crippen MR) is 102 cm³/mol. The van der Waals surface area contributed by atoms with Gasteiger partial charge in [-0.3, -0.25) is 4.79 Å². The zero-order valence-corrected chi connectivity index (χ0v) is 15.6. The van der Waals surface area contributed by atoms with Crippen LogP contribution in [0.1, 0.15) is 28.1 Å². The van der Waals surface area contributed by atoms with Crippen LogP contribution in [0.2, 0.25) is 0 Å². The van der Waals surface area contributed by atoms with Gasteiger partial charge in [0.25, 0.3) is 5.91 Å². The predicted octanol–water partition coefficient (Wildman–Crippen LogP) is 4.47. The zero-order valence-electron chi connectivity index (χ0n) is 14.8. The van der Waals surface area contributed by atoms with Gasteiger partial charge in [-0.15, -0.1) is 11.3 Å². The molecule has 0 bridgehead atoms. The number of benzene rings is 1. The van der Waals surface area contributed by atoms with Gasteiger partial charge in [0.1, 0.15) is 15.5 Å². The highest BCUT2D eigenvalue weighted by Crippen LogP contribution is 2.43. The number of carbonyl (C=O) groups excluding carboxylic acids is 1. The Morgan fingerprint density at radius 3 is 2.54 bits per heavy atom. The Hall–Kier alpha value is -2.81. The molecule has 1 aliphatic carbocycles. The maximum absolute atomic E-state index is 13.7. The van der Waals surface area contributed by atoms with E-state index >= 15 is 0 Å². The van der Waals surface area contributed by atoms with Crippen LogP contribution in [-0.4, -0.2) is 24.0 Å². The third-order valence-corrected chi connectivity index (χ3v) is 5.61. The van der Waals surface area contributed by atoms with Crippen molar-refractivity contribution in [3.8, 4) is 17.0 Å². The molecule has 2 heterocycles. The fourth-order valence-electron chi connectivity index (χ4n) is 2.90. The van der Waals surface area contributed by atoms with Crippen LogP contribution in [0.15, 0.2) is 30.3 Å². The molecule has 5 nitrogen and oxygen atoms in total. The molecule has 3 aromatic rings. The monoisotopic (exact) mass is 407 g/mol. The second-order valence-electron chi connectivity index (χ2n) is 6.55. The van der Waals surface area contributed by atoms with Gasteiger partial charge >= 0.3 is 6.18 Å². The van der Waals surface area contributed by atoms with Gasteiger partial charge in [-0.05, 0) is 43.2 Å². The van der Waals surface area contributed by atoms with Crippen LogP contribution in [0.3, 0.4) is 0 Å². The van der Waals surface area contributed by atoms with Crippen molar-refractivity contribution in [3.05, 3.63) is 40.8 Å². The third-order valence-electron chi connectivity index (χ3n) is 4.51. The summed E-state index contributed by atoms with van der Waals surface area (Å²) in [6.45, 7) is 0.